The first-order valence-electron chi connectivity index (χ1n) is 4.81. The molecule has 0 spiro atoms. The van der Waals surface area contributed by atoms with Crippen LogP contribution in [-0.2, 0) is 4.79 Å². The number of alkyl halides is 12. The van der Waals surface area contributed by atoms with Gasteiger partial charge in [0.2, 0.25) is 0 Å². The molecule has 0 bridgehead atoms. The Labute approximate surface area is 111 Å². The summed E-state index contributed by atoms with van der Waals surface area (Å²) in [5.41, 5.74) is -13.0. The van der Waals surface area contributed by atoms with Crippen LogP contribution in [0.2, 0.25) is 0 Å². The SMILES string of the molecule is O=C(O)C1C(C(F)(F)F)(C(F)(F)F)C1(C(F)(F)F)C(F)(F)F. The molecule has 2 nitrogen and oxygen atoms in total. The molecule has 0 atom stereocenters. The largest absolute Gasteiger partial charge is 0.481 e. The molecule has 1 N–H and O–H groups in total. The van der Waals surface area contributed by atoms with Gasteiger partial charge in [-0.3, -0.25) is 4.79 Å². The lowest BCUT2D eigenvalue weighted by Gasteiger charge is -2.31. The molecule has 1 aliphatic carbocycles. The van der Waals surface area contributed by atoms with Gasteiger partial charge in [-0.15, -0.1) is 0 Å². The van der Waals surface area contributed by atoms with Crippen molar-refractivity contribution in [1.29, 1.82) is 0 Å². The van der Waals surface area contributed by atoms with Crippen molar-refractivity contribution in [2.24, 2.45) is 16.7 Å². The summed E-state index contributed by atoms with van der Waals surface area (Å²) in [7, 11) is 0. The molecule has 0 heterocycles. The number of rotatable bonds is 1. The Morgan fingerprint density at radius 1 is 0.636 bits per heavy atom. The predicted octanol–water partition coefficient (Wildman–Crippen LogP) is 3.92. The fraction of sp³-hybridized carbons (Fsp3) is 0.875. The number of carbonyl (C=O) groups is 1. The highest BCUT2D eigenvalue weighted by Crippen LogP contribution is 2.89. The van der Waals surface area contributed by atoms with Crippen LogP contribution in [-0.4, -0.2) is 35.8 Å². The van der Waals surface area contributed by atoms with Gasteiger partial charge in [0.05, 0.1) is 0 Å². The van der Waals surface area contributed by atoms with E-state index in [1.807, 2.05) is 0 Å². The quantitative estimate of drug-likeness (QED) is 0.722. The topological polar surface area (TPSA) is 37.3 Å². The summed E-state index contributed by atoms with van der Waals surface area (Å²) in [5, 5.41) is 8.18. The van der Waals surface area contributed by atoms with Crippen molar-refractivity contribution >= 4 is 5.97 Å². The zero-order valence-corrected chi connectivity index (χ0v) is 9.47. The lowest BCUT2D eigenvalue weighted by atomic mass is 9.89. The number of hydrogen-bond donors (Lipinski definition) is 1. The maximum Gasteiger partial charge on any atom is 0.405 e. The van der Waals surface area contributed by atoms with E-state index in [1.54, 1.807) is 0 Å². The minimum absolute atomic E-state index is 3.51. The highest BCUT2D eigenvalue weighted by Gasteiger charge is 3.11. The van der Waals surface area contributed by atoms with Crippen LogP contribution in [0.5, 0.6) is 0 Å². The predicted molar refractivity (Wildman–Crippen MR) is 40.2 cm³/mol. The van der Waals surface area contributed by atoms with Gasteiger partial charge in [0, 0.05) is 0 Å². The van der Waals surface area contributed by atoms with Crippen molar-refractivity contribution in [3.05, 3.63) is 0 Å². The number of carboxylic acid groups (broad SMARTS) is 1. The van der Waals surface area contributed by atoms with Crippen LogP contribution in [0.4, 0.5) is 52.7 Å². The molecule has 1 fully saturated rings. The summed E-state index contributed by atoms with van der Waals surface area (Å²) in [6, 6.07) is 0. The molecule has 130 valence electrons. The molecule has 14 heteroatoms. The van der Waals surface area contributed by atoms with Crippen molar-refractivity contribution < 1.29 is 62.6 Å². The Hall–Kier alpha value is -1.37. The van der Waals surface area contributed by atoms with Crippen molar-refractivity contribution in [3.8, 4) is 0 Å². The van der Waals surface area contributed by atoms with Gasteiger partial charge in [-0.25, -0.2) is 0 Å². The standard InChI is InChI=1S/C8H2F12O2/c9-5(10,11)3(6(12,13)14)1(2(21)22)4(3,7(15,16)17)8(18,19)20/h1H,(H,21,22). The zero-order chi connectivity index (χ0) is 18.2. The van der Waals surface area contributed by atoms with Crippen LogP contribution >= 0.6 is 0 Å². The van der Waals surface area contributed by atoms with E-state index in [0.717, 1.165) is 0 Å². The Kier molecular flexibility index (Phi) is 3.50. The van der Waals surface area contributed by atoms with Gasteiger partial charge in [-0.05, 0) is 0 Å². The van der Waals surface area contributed by atoms with Crippen molar-refractivity contribution in [3.63, 3.8) is 0 Å². The first kappa shape index (κ1) is 18.7. The van der Waals surface area contributed by atoms with Gasteiger partial charge in [0.1, 0.15) is 5.92 Å². The second kappa shape index (κ2) is 4.13. The summed E-state index contributed by atoms with van der Waals surface area (Å²) < 4.78 is 151. The maximum absolute atomic E-state index is 12.6. The van der Waals surface area contributed by atoms with Crippen LogP contribution in [0.25, 0.3) is 0 Å². The molecular formula is C8H2F12O2. The van der Waals surface area contributed by atoms with E-state index < -0.39 is 47.4 Å². The molecule has 22 heavy (non-hydrogen) atoms. The first-order valence-corrected chi connectivity index (χ1v) is 4.81. The van der Waals surface area contributed by atoms with Crippen LogP contribution in [0.15, 0.2) is 0 Å². The van der Waals surface area contributed by atoms with E-state index in [9.17, 15) is 57.5 Å². The van der Waals surface area contributed by atoms with Gasteiger partial charge in [-0.2, -0.15) is 52.7 Å². The summed E-state index contributed by atoms with van der Waals surface area (Å²) in [5.74, 6) is -8.33. The zero-order valence-electron chi connectivity index (χ0n) is 9.47. The van der Waals surface area contributed by atoms with E-state index in [2.05, 4.69) is 0 Å². The number of carboxylic acids is 1. The first-order chi connectivity index (χ1) is 9.32. The third kappa shape index (κ3) is 1.74. The van der Waals surface area contributed by atoms with Gasteiger partial charge in [0.25, 0.3) is 0 Å². The molecule has 0 aliphatic heterocycles. The summed E-state index contributed by atoms with van der Waals surface area (Å²) in [6.07, 6.45) is -28.6. The molecule has 0 saturated heterocycles. The molecule has 0 unspecified atom stereocenters. The molecule has 0 aromatic carbocycles. The molecule has 1 aliphatic rings. The van der Waals surface area contributed by atoms with Crippen LogP contribution in [0.1, 0.15) is 0 Å². The van der Waals surface area contributed by atoms with Gasteiger partial charge in [0.15, 0.2) is 10.8 Å². The van der Waals surface area contributed by atoms with Crippen LogP contribution < -0.4 is 0 Å². The molecule has 0 aromatic heterocycles. The molecule has 1 rings (SSSR count). The smallest absolute Gasteiger partial charge is 0.405 e. The fourth-order valence-corrected chi connectivity index (χ4v) is 2.72. The number of hydrogen-bond acceptors (Lipinski definition) is 1. The summed E-state index contributed by atoms with van der Waals surface area (Å²) >= 11 is 0. The average molecular weight is 358 g/mol. The average Bonchev–Trinajstić information content (AvgIpc) is 2.79. The lowest BCUT2D eigenvalue weighted by molar-refractivity contribution is -0.381. The van der Waals surface area contributed by atoms with Gasteiger partial charge < -0.3 is 5.11 Å². The van der Waals surface area contributed by atoms with E-state index in [0.29, 0.717) is 0 Å². The lowest BCUT2D eigenvalue weighted by Crippen LogP contribution is -2.53. The molecule has 1 saturated carbocycles. The van der Waals surface area contributed by atoms with E-state index >= 15 is 0 Å². The number of halogens is 12. The second-order valence-electron chi connectivity index (χ2n) is 4.38. The van der Waals surface area contributed by atoms with Crippen molar-refractivity contribution in [1.82, 2.24) is 0 Å². The third-order valence-corrected chi connectivity index (χ3v) is 3.44. The third-order valence-electron chi connectivity index (χ3n) is 3.44. The molecule has 0 aromatic rings. The van der Waals surface area contributed by atoms with Crippen molar-refractivity contribution in [2.75, 3.05) is 0 Å². The monoisotopic (exact) mass is 358 g/mol. The summed E-state index contributed by atoms with van der Waals surface area (Å²) in [6.45, 7) is 0. The fourth-order valence-electron chi connectivity index (χ4n) is 2.72. The van der Waals surface area contributed by atoms with Crippen LogP contribution in [0.3, 0.4) is 0 Å². The number of aliphatic carboxylic acids is 1. The van der Waals surface area contributed by atoms with Crippen molar-refractivity contribution in [2.45, 2.75) is 24.7 Å². The van der Waals surface area contributed by atoms with E-state index in [4.69, 9.17) is 5.11 Å². The Balaban J connectivity index is 3.95. The molecule has 0 radical (unpaired) electrons. The molecule has 0 amide bonds. The summed E-state index contributed by atoms with van der Waals surface area (Å²) in [4.78, 5) is 10.4. The van der Waals surface area contributed by atoms with E-state index in [-0.39, 0.29) is 0 Å². The minimum atomic E-state index is -7.15. The second-order valence-corrected chi connectivity index (χ2v) is 4.38. The van der Waals surface area contributed by atoms with Gasteiger partial charge >= 0.3 is 30.7 Å². The van der Waals surface area contributed by atoms with E-state index in [1.165, 1.54) is 0 Å². The maximum atomic E-state index is 12.6. The highest BCUT2D eigenvalue weighted by molar-refractivity contribution is 5.79. The highest BCUT2D eigenvalue weighted by atomic mass is 19.4. The molecular weight excluding hydrogens is 356 g/mol. The van der Waals surface area contributed by atoms with Crippen LogP contribution in [0, 0.1) is 16.7 Å². The van der Waals surface area contributed by atoms with Gasteiger partial charge in [-0.1, -0.05) is 0 Å². The Bertz CT molecular complexity index is 411. The Morgan fingerprint density at radius 3 is 0.864 bits per heavy atom. The Morgan fingerprint density at radius 2 is 0.818 bits per heavy atom. The minimum Gasteiger partial charge on any atom is -0.481 e. The normalized spacial score (nSPS) is 22.5.